The summed E-state index contributed by atoms with van der Waals surface area (Å²) in [4.78, 5) is 26.7. The number of amides is 2. The number of fused-ring (bicyclic) bond motifs is 1. The van der Waals surface area contributed by atoms with Crippen LogP contribution in [0.2, 0.25) is 0 Å². The average molecular weight is 306 g/mol. The highest BCUT2D eigenvalue weighted by Gasteiger charge is 2.28. The monoisotopic (exact) mass is 306 g/mol. The molecule has 2 unspecified atom stereocenters. The first-order valence-electron chi connectivity index (χ1n) is 7.08. The SMILES string of the molecule is CC1CN(C(=O)c2ccc3c(c2)NC(=O)CS3)CCC1O. The Morgan fingerprint density at radius 1 is 1.48 bits per heavy atom. The predicted octanol–water partition coefficient (Wildman–Crippen LogP) is 1.57. The molecule has 21 heavy (non-hydrogen) atoms. The van der Waals surface area contributed by atoms with Gasteiger partial charge in [-0.05, 0) is 30.5 Å². The van der Waals surface area contributed by atoms with Gasteiger partial charge in [0.2, 0.25) is 5.91 Å². The van der Waals surface area contributed by atoms with Crippen molar-refractivity contribution in [2.75, 3.05) is 24.2 Å². The van der Waals surface area contributed by atoms with Crippen molar-refractivity contribution < 1.29 is 14.7 Å². The Balaban J connectivity index is 1.79. The summed E-state index contributed by atoms with van der Waals surface area (Å²) in [5, 5.41) is 12.6. The molecule has 112 valence electrons. The van der Waals surface area contributed by atoms with E-state index in [4.69, 9.17) is 0 Å². The molecule has 0 aliphatic carbocycles. The molecule has 5 nitrogen and oxygen atoms in total. The number of piperidine rings is 1. The third kappa shape index (κ3) is 2.91. The van der Waals surface area contributed by atoms with Gasteiger partial charge in [0.15, 0.2) is 0 Å². The molecular weight excluding hydrogens is 288 g/mol. The highest BCUT2D eigenvalue weighted by atomic mass is 32.2. The zero-order valence-corrected chi connectivity index (χ0v) is 12.7. The van der Waals surface area contributed by atoms with Gasteiger partial charge in [0.1, 0.15) is 0 Å². The van der Waals surface area contributed by atoms with E-state index in [0.29, 0.717) is 36.5 Å². The summed E-state index contributed by atoms with van der Waals surface area (Å²) in [7, 11) is 0. The number of thioether (sulfide) groups is 1. The molecular formula is C15H18N2O3S. The van der Waals surface area contributed by atoms with Gasteiger partial charge in [-0.3, -0.25) is 9.59 Å². The molecule has 2 heterocycles. The smallest absolute Gasteiger partial charge is 0.253 e. The number of aliphatic hydroxyl groups excluding tert-OH is 1. The number of hydrogen-bond donors (Lipinski definition) is 2. The molecule has 1 aromatic carbocycles. The number of benzene rings is 1. The number of carbonyl (C=O) groups is 2. The van der Waals surface area contributed by atoms with E-state index in [-0.39, 0.29) is 23.8 Å². The van der Waals surface area contributed by atoms with E-state index in [0.717, 1.165) is 4.90 Å². The van der Waals surface area contributed by atoms with Gasteiger partial charge in [-0.15, -0.1) is 11.8 Å². The van der Waals surface area contributed by atoms with Crippen LogP contribution in [0.25, 0.3) is 0 Å². The molecule has 0 radical (unpaired) electrons. The van der Waals surface area contributed by atoms with Crippen molar-refractivity contribution in [1.29, 1.82) is 0 Å². The van der Waals surface area contributed by atoms with Gasteiger partial charge in [-0.1, -0.05) is 6.92 Å². The van der Waals surface area contributed by atoms with Gasteiger partial charge in [0.05, 0.1) is 17.5 Å². The Bertz CT molecular complexity index is 590. The van der Waals surface area contributed by atoms with Gasteiger partial charge < -0.3 is 15.3 Å². The lowest BCUT2D eigenvalue weighted by atomic mass is 9.96. The van der Waals surface area contributed by atoms with Crippen molar-refractivity contribution in [3.63, 3.8) is 0 Å². The van der Waals surface area contributed by atoms with E-state index in [9.17, 15) is 14.7 Å². The topological polar surface area (TPSA) is 69.6 Å². The fourth-order valence-electron chi connectivity index (χ4n) is 2.72. The Kier molecular flexibility index (Phi) is 3.91. The molecule has 2 atom stereocenters. The Morgan fingerprint density at radius 2 is 2.29 bits per heavy atom. The second kappa shape index (κ2) is 5.69. The Hall–Kier alpha value is -1.53. The predicted molar refractivity (Wildman–Crippen MR) is 81.5 cm³/mol. The number of aliphatic hydroxyl groups is 1. The van der Waals surface area contributed by atoms with Gasteiger partial charge in [0, 0.05) is 23.5 Å². The number of nitrogens with one attached hydrogen (secondary N) is 1. The average Bonchev–Trinajstić information content (AvgIpc) is 2.48. The summed E-state index contributed by atoms with van der Waals surface area (Å²) in [5.41, 5.74) is 1.30. The number of anilines is 1. The van der Waals surface area contributed by atoms with Crippen LogP contribution in [-0.4, -0.2) is 46.8 Å². The maximum atomic E-state index is 12.5. The van der Waals surface area contributed by atoms with Gasteiger partial charge in [0.25, 0.3) is 5.91 Å². The largest absolute Gasteiger partial charge is 0.393 e. The molecule has 2 aliphatic rings. The molecule has 1 aromatic rings. The van der Waals surface area contributed by atoms with E-state index in [1.165, 1.54) is 11.8 Å². The van der Waals surface area contributed by atoms with Crippen LogP contribution >= 0.6 is 11.8 Å². The normalized spacial score (nSPS) is 25.2. The number of rotatable bonds is 1. The van der Waals surface area contributed by atoms with Crippen LogP contribution in [0.5, 0.6) is 0 Å². The van der Waals surface area contributed by atoms with Gasteiger partial charge >= 0.3 is 0 Å². The van der Waals surface area contributed by atoms with E-state index in [1.807, 2.05) is 13.0 Å². The minimum absolute atomic E-state index is 0.0354. The highest BCUT2D eigenvalue weighted by Crippen LogP contribution is 2.32. The Labute approximate surface area is 127 Å². The summed E-state index contributed by atoms with van der Waals surface area (Å²) in [6, 6.07) is 5.44. The zero-order chi connectivity index (χ0) is 15.0. The molecule has 0 saturated carbocycles. The van der Waals surface area contributed by atoms with E-state index in [2.05, 4.69) is 5.32 Å². The van der Waals surface area contributed by atoms with Crippen LogP contribution in [0.15, 0.2) is 23.1 Å². The minimum Gasteiger partial charge on any atom is -0.393 e. The molecule has 0 aromatic heterocycles. The summed E-state index contributed by atoms with van der Waals surface area (Å²) in [6.07, 6.45) is 0.290. The van der Waals surface area contributed by atoms with Crippen LogP contribution in [0.3, 0.4) is 0 Å². The van der Waals surface area contributed by atoms with E-state index < -0.39 is 0 Å². The van der Waals surface area contributed by atoms with Crippen molar-refractivity contribution in [3.05, 3.63) is 23.8 Å². The maximum absolute atomic E-state index is 12.5. The number of likely N-dealkylation sites (tertiary alicyclic amines) is 1. The molecule has 1 saturated heterocycles. The lowest BCUT2D eigenvalue weighted by Gasteiger charge is -2.34. The highest BCUT2D eigenvalue weighted by molar-refractivity contribution is 8.00. The quantitative estimate of drug-likeness (QED) is 0.826. The van der Waals surface area contributed by atoms with Crippen molar-refractivity contribution in [1.82, 2.24) is 4.90 Å². The van der Waals surface area contributed by atoms with Gasteiger partial charge in [-0.25, -0.2) is 0 Å². The lowest BCUT2D eigenvalue weighted by Crippen LogP contribution is -2.45. The van der Waals surface area contributed by atoms with Crippen LogP contribution in [0.4, 0.5) is 5.69 Å². The molecule has 3 rings (SSSR count). The minimum atomic E-state index is -0.326. The third-order valence-corrected chi connectivity index (χ3v) is 5.08. The summed E-state index contributed by atoms with van der Waals surface area (Å²) in [6.45, 7) is 3.09. The first-order valence-corrected chi connectivity index (χ1v) is 8.07. The van der Waals surface area contributed by atoms with E-state index >= 15 is 0 Å². The van der Waals surface area contributed by atoms with Crippen molar-refractivity contribution >= 4 is 29.3 Å². The molecule has 0 bridgehead atoms. The summed E-state index contributed by atoms with van der Waals surface area (Å²) < 4.78 is 0. The summed E-state index contributed by atoms with van der Waals surface area (Å²) in [5.74, 6) is 0.436. The Morgan fingerprint density at radius 3 is 3.05 bits per heavy atom. The lowest BCUT2D eigenvalue weighted by molar-refractivity contribution is -0.113. The first-order chi connectivity index (χ1) is 10.0. The number of nitrogens with zero attached hydrogens (tertiary/aromatic N) is 1. The fourth-order valence-corrected chi connectivity index (χ4v) is 3.50. The van der Waals surface area contributed by atoms with Crippen LogP contribution in [0, 0.1) is 5.92 Å². The van der Waals surface area contributed by atoms with Crippen LogP contribution < -0.4 is 5.32 Å². The van der Waals surface area contributed by atoms with Crippen molar-refractivity contribution in [2.24, 2.45) is 5.92 Å². The molecule has 1 fully saturated rings. The number of carbonyl (C=O) groups excluding carboxylic acids is 2. The van der Waals surface area contributed by atoms with Crippen molar-refractivity contribution in [2.45, 2.75) is 24.3 Å². The third-order valence-electron chi connectivity index (χ3n) is 4.01. The zero-order valence-electron chi connectivity index (χ0n) is 11.8. The molecule has 2 N–H and O–H groups in total. The second-order valence-electron chi connectivity index (χ2n) is 5.63. The van der Waals surface area contributed by atoms with Gasteiger partial charge in [-0.2, -0.15) is 0 Å². The first kappa shape index (κ1) is 14.4. The summed E-state index contributed by atoms with van der Waals surface area (Å²) >= 11 is 1.48. The molecule has 2 aliphatic heterocycles. The number of hydrogen-bond acceptors (Lipinski definition) is 4. The fraction of sp³-hybridized carbons (Fsp3) is 0.467. The standard InChI is InChI=1S/C15H18N2O3S/c1-9-7-17(5-4-12(9)18)15(20)10-2-3-13-11(6-10)16-14(19)8-21-13/h2-3,6,9,12,18H,4-5,7-8H2,1H3,(H,16,19). The molecule has 0 spiro atoms. The molecule has 6 heteroatoms. The second-order valence-corrected chi connectivity index (χ2v) is 6.65. The maximum Gasteiger partial charge on any atom is 0.253 e. The van der Waals surface area contributed by atoms with E-state index in [1.54, 1.807) is 17.0 Å². The molecule has 2 amide bonds. The van der Waals surface area contributed by atoms with Crippen LogP contribution in [-0.2, 0) is 4.79 Å². The van der Waals surface area contributed by atoms with Crippen molar-refractivity contribution in [3.8, 4) is 0 Å². The van der Waals surface area contributed by atoms with Crippen LogP contribution in [0.1, 0.15) is 23.7 Å².